The second-order valence-electron chi connectivity index (χ2n) is 9.67. The van der Waals surface area contributed by atoms with Crippen LogP contribution in [0.3, 0.4) is 0 Å². The van der Waals surface area contributed by atoms with E-state index in [1.54, 1.807) is 0 Å². The molecule has 0 heterocycles. The van der Waals surface area contributed by atoms with Crippen LogP contribution in [-0.4, -0.2) is 48.9 Å². The molecule has 0 saturated heterocycles. The minimum atomic E-state index is -1.94. The number of thiol groups is 1. The smallest absolute Gasteiger partial charge is 0.410 e. The average molecular weight is 390 g/mol. The van der Waals surface area contributed by atoms with E-state index in [4.69, 9.17) is 21.8 Å². The van der Waals surface area contributed by atoms with Gasteiger partial charge in [-0.1, -0.05) is 27.2 Å². The van der Waals surface area contributed by atoms with Crippen LogP contribution in [0, 0.1) is 0 Å². The molecular weight excluding hydrogens is 350 g/mol. The Bertz CT molecular complexity index is 457. The van der Waals surface area contributed by atoms with E-state index in [9.17, 15) is 4.79 Å². The van der Waals surface area contributed by atoms with Crippen molar-refractivity contribution in [2.45, 2.75) is 109 Å². The summed E-state index contributed by atoms with van der Waals surface area (Å²) in [7, 11) is -1.94. The summed E-state index contributed by atoms with van der Waals surface area (Å²) < 4.78 is 12.4. The minimum Gasteiger partial charge on any atom is -0.444 e. The Labute approximate surface area is 161 Å². The van der Waals surface area contributed by atoms with Crippen molar-refractivity contribution in [3.05, 3.63) is 0 Å². The maximum atomic E-state index is 12.7. The number of hydrogen-bond acceptors (Lipinski definition) is 4. The molecule has 1 aliphatic rings. The van der Waals surface area contributed by atoms with Crippen LogP contribution in [0.25, 0.3) is 0 Å². The van der Waals surface area contributed by atoms with E-state index in [-0.39, 0.29) is 28.5 Å². The molecule has 1 amide bonds. The van der Waals surface area contributed by atoms with Crippen LogP contribution >= 0.6 is 12.6 Å². The number of carbonyl (C=O) groups is 1. The predicted molar refractivity (Wildman–Crippen MR) is 111 cm³/mol. The quantitative estimate of drug-likeness (QED) is 0.511. The third kappa shape index (κ3) is 6.17. The Balaban J connectivity index is 3.05. The fourth-order valence-electron chi connectivity index (χ4n) is 2.95. The van der Waals surface area contributed by atoms with E-state index in [1.165, 1.54) is 0 Å². The third-order valence-corrected chi connectivity index (χ3v) is 10.4. The van der Waals surface area contributed by atoms with Gasteiger partial charge < -0.3 is 14.1 Å². The Hall–Kier alpha value is -0.203. The first kappa shape index (κ1) is 22.8. The minimum absolute atomic E-state index is 0.0326. The largest absolute Gasteiger partial charge is 0.444 e. The van der Waals surface area contributed by atoms with Crippen LogP contribution < -0.4 is 0 Å². The van der Waals surface area contributed by atoms with Crippen molar-refractivity contribution in [2.24, 2.45) is 0 Å². The number of ether oxygens (including phenoxy) is 1. The van der Waals surface area contributed by atoms with Crippen LogP contribution in [0.4, 0.5) is 4.79 Å². The first-order valence-corrected chi connectivity index (χ1v) is 13.0. The van der Waals surface area contributed by atoms with Crippen LogP contribution in [-0.2, 0) is 9.16 Å². The van der Waals surface area contributed by atoms with E-state index < -0.39 is 13.9 Å². The van der Waals surface area contributed by atoms with Crippen molar-refractivity contribution >= 4 is 27.0 Å². The Morgan fingerprint density at radius 3 is 2.16 bits per heavy atom. The van der Waals surface area contributed by atoms with Gasteiger partial charge in [0.05, 0.1) is 12.1 Å². The van der Waals surface area contributed by atoms with Crippen molar-refractivity contribution in [3.63, 3.8) is 0 Å². The summed E-state index contributed by atoms with van der Waals surface area (Å²) in [6.07, 6.45) is 2.76. The van der Waals surface area contributed by atoms with E-state index in [1.807, 2.05) is 32.6 Å². The number of nitrogens with zero attached hydrogens (tertiary/aromatic N) is 1. The van der Waals surface area contributed by atoms with Gasteiger partial charge in [-0.15, -0.1) is 0 Å². The summed E-state index contributed by atoms with van der Waals surface area (Å²) in [5.74, 6) is 0. The van der Waals surface area contributed by atoms with Gasteiger partial charge in [0.2, 0.25) is 0 Å². The number of carbonyl (C=O) groups excluding carboxylic acids is 1. The van der Waals surface area contributed by atoms with Crippen LogP contribution in [0.1, 0.15) is 67.7 Å². The summed E-state index contributed by atoms with van der Waals surface area (Å²) in [4.78, 5) is 14.6. The van der Waals surface area contributed by atoms with Crippen molar-refractivity contribution in [3.8, 4) is 0 Å². The highest BCUT2D eigenvalue weighted by Gasteiger charge is 2.45. The van der Waals surface area contributed by atoms with E-state index in [2.05, 4.69) is 33.9 Å². The SMILES string of the molecule is CCN(C(=O)OC(C)(C)C)[C@@H]1CCC[C@@H](S)[C@@H]1O[Si](C)(C)C(C)(C)C. The van der Waals surface area contributed by atoms with Gasteiger partial charge in [-0.2, -0.15) is 12.6 Å². The fraction of sp³-hybridized carbons (Fsp3) is 0.947. The molecule has 0 unspecified atom stereocenters. The predicted octanol–water partition coefficient (Wildman–Crippen LogP) is 5.48. The van der Waals surface area contributed by atoms with Crippen LogP contribution in [0.2, 0.25) is 18.1 Å². The number of likely N-dealkylation sites (N-methyl/N-ethyl adjacent to an activating group) is 1. The molecule has 0 aliphatic heterocycles. The zero-order chi connectivity index (χ0) is 19.6. The average Bonchev–Trinajstić information content (AvgIpc) is 2.39. The van der Waals surface area contributed by atoms with E-state index in [0.717, 1.165) is 19.3 Å². The molecule has 3 atom stereocenters. The van der Waals surface area contributed by atoms with Gasteiger partial charge in [-0.25, -0.2) is 4.79 Å². The van der Waals surface area contributed by atoms with Gasteiger partial charge in [-0.05, 0) is 58.7 Å². The Morgan fingerprint density at radius 2 is 1.72 bits per heavy atom. The van der Waals surface area contributed by atoms with Gasteiger partial charge in [0.1, 0.15) is 5.60 Å². The Kier molecular flexibility index (Phi) is 7.51. The third-order valence-electron chi connectivity index (χ3n) is 5.36. The lowest BCUT2D eigenvalue weighted by Crippen LogP contribution is -2.58. The molecular formula is C19H39NO3SSi. The first-order chi connectivity index (χ1) is 11.2. The van der Waals surface area contributed by atoms with Gasteiger partial charge in [0.15, 0.2) is 8.32 Å². The number of amides is 1. The van der Waals surface area contributed by atoms with E-state index >= 15 is 0 Å². The maximum absolute atomic E-state index is 12.7. The first-order valence-electron chi connectivity index (χ1n) is 9.55. The molecule has 0 radical (unpaired) electrons. The zero-order valence-electron chi connectivity index (χ0n) is 17.7. The molecule has 148 valence electrons. The highest BCUT2D eigenvalue weighted by atomic mass is 32.1. The summed E-state index contributed by atoms with van der Waals surface area (Å²) in [6, 6.07) is 0.0326. The molecule has 0 N–H and O–H groups in total. The standard InChI is InChI=1S/C19H39NO3SSi/c1-10-20(17(21)22-18(2,3)4)14-12-11-13-15(24)16(14)23-25(8,9)19(5,6)7/h14-16,24H,10-13H2,1-9H3/t14-,15-,16-/m1/s1. The molecule has 0 aromatic rings. The van der Waals surface area contributed by atoms with Crippen molar-refractivity contribution < 1.29 is 14.0 Å². The summed E-state index contributed by atoms with van der Waals surface area (Å²) in [6.45, 7) is 19.6. The maximum Gasteiger partial charge on any atom is 0.410 e. The Morgan fingerprint density at radius 1 is 1.16 bits per heavy atom. The normalized spacial score (nSPS) is 25.6. The van der Waals surface area contributed by atoms with Gasteiger partial charge >= 0.3 is 6.09 Å². The molecule has 0 bridgehead atoms. The van der Waals surface area contributed by atoms with Crippen molar-refractivity contribution in [1.29, 1.82) is 0 Å². The van der Waals surface area contributed by atoms with Gasteiger partial charge in [0, 0.05) is 11.8 Å². The zero-order valence-corrected chi connectivity index (χ0v) is 19.6. The van der Waals surface area contributed by atoms with Gasteiger partial charge in [-0.3, -0.25) is 0 Å². The lowest BCUT2D eigenvalue weighted by molar-refractivity contribution is -0.0101. The highest BCUT2D eigenvalue weighted by molar-refractivity contribution is 7.81. The fourth-order valence-corrected chi connectivity index (χ4v) is 4.86. The van der Waals surface area contributed by atoms with Crippen molar-refractivity contribution in [2.75, 3.05) is 6.54 Å². The summed E-state index contributed by atoms with van der Waals surface area (Å²) in [5.41, 5.74) is -0.491. The number of rotatable bonds is 4. The topological polar surface area (TPSA) is 38.8 Å². The van der Waals surface area contributed by atoms with Gasteiger partial charge in [0.25, 0.3) is 0 Å². The molecule has 4 nitrogen and oxygen atoms in total. The highest BCUT2D eigenvalue weighted by Crippen LogP contribution is 2.41. The van der Waals surface area contributed by atoms with E-state index in [0.29, 0.717) is 6.54 Å². The molecule has 0 aromatic heterocycles. The second-order valence-corrected chi connectivity index (χ2v) is 15.1. The molecule has 1 saturated carbocycles. The summed E-state index contributed by atoms with van der Waals surface area (Å²) >= 11 is 4.83. The van der Waals surface area contributed by atoms with Crippen LogP contribution in [0.15, 0.2) is 0 Å². The molecule has 1 aliphatic carbocycles. The molecule has 6 heteroatoms. The summed E-state index contributed by atoms with van der Waals surface area (Å²) in [5, 5.41) is 0.287. The molecule has 1 rings (SSSR count). The molecule has 0 aromatic carbocycles. The van der Waals surface area contributed by atoms with Crippen molar-refractivity contribution in [1.82, 2.24) is 4.90 Å². The van der Waals surface area contributed by atoms with Crippen LogP contribution in [0.5, 0.6) is 0 Å². The molecule has 0 spiro atoms. The number of hydrogen-bond donors (Lipinski definition) is 1. The lowest BCUT2D eigenvalue weighted by Gasteiger charge is -2.47. The monoisotopic (exact) mass is 389 g/mol. The molecule has 1 fully saturated rings. The lowest BCUT2D eigenvalue weighted by atomic mass is 9.91. The second kappa shape index (κ2) is 8.22. The molecule has 25 heavy (non-hydrogen) atoms.